The third-order valence-electron chi connectivity index (χ3n) is 2.17. The monoisotopic (exact) mass is 252 g/mol. The summed E-state index contributed by atoms with van der Waals surface area (Å²) in [5.41, 5.74) is 2.60. The molecule has 72 valence electrons. The molecular weight excluding hydrogens is 244 g/mol. The van der Waals surface area contributed by atoms with Crippen molar-refractivity contribution in [2.75, 3.05) is 5.33 Å². The molecule has 0 aliphatic carbocycles. The van der Waals surface area contributed by atoms with E-state index < -0.39 is 0 Å². The van der Waals surface area contributed by atoms with Crippen molar-refractivity contribution in [2.24, 2.45) is 7.05 Å². The second-order valence-corrected chi connectivity index (χ2v) is 3.68. The third-order valence-corrected chi connectivity index (χ3v) is 2.68. The van der Waals surface area contributed by atoms with Crippen LogP contribution >= 0.6 is 15.9 Å². The Kier molecular flexibility index (Phi) is 2.37. The molecule has 1 aromatic carbocycles. The Morgan fingerprint density at radius 1 is 1.57 bits per heavy atom. The fourth-order valence-electron chi connectivity index (χ4n) is 1.39. The summed E-state index contributed by atoms with van der Waals surface area (Å²) in [6.07, 6.45) is 1.74. The first-order valence-corrected chi connectivity index (χ1v) is 5.35. The lowest BCUT2D eigenvalue weighted by molar-refractivity contribution is 0.102. The summed E-state index contributed by atoms with van der Waals surface area (Å²) in [6, 6.07) is 5.56. The van der Waals surface area contributed by atoms with Crippen molar-refractivity contribution >= 4 is 32.7 Å². The first-order valence-electron chi connectivity index (χ1n) is 4.22. The predicted molar refractivity (Wildman–Crippen MR) is 58.8 cm³/mol. The standard InChI is InChI=1S/C10H9BrN2O/c1-13-6-12-8-4-7(10(14)5-11)2-3-9(8)13/h2-4,6H,5H2,1H3. The molecule has 0 fully saturated rings. The Morgan fingerprint density at radius 3 is 3.07 bits per heavy atom. The van der Waals surface area contributed by atoms with Gasteiger partial charge in [0, 0.05) is 12.6 Å². The smallest absolute Gasteiger partial charge is 0.173 e. The van der Waals surface area contributed by atoms with Gasteiger partial charge in [0.2, 0.25) is 0 Å². The van der Waals surface area contributed by atoms with Gasteiger partial charge in [-0.05, 0) is 18.2 Å². The van der Waals surface area contributed by atoms with Crippen molar-refractivity contribution < 1.29 is 4.79 Å². The third kappa shape index (κ3) is 1.46. The van der Waals surface area contributed by atoms with Crippen LogP contribution in [0.15, 0.2) is 24.5 Å². The van der Waals surface area contributed by atoms with Gasteiger partial charge in [0.15, 0.2) is 5.78 Å². The number of benzene rings is 1. The summed E-state index contributed by atoms with van der Waals surface area (Å²) in [6.45, 7) is 0. The van der Waals surface area contributed by atoms with Crippen molar-refractivity contribution in [3.05, 3.63) is 30.1 Å². The SMILES string of the molecule is Cn1cnc2cc(C(=O)CBr)ccc21. The number of Topliss-reactive ketones (excluding diaryl/α,β-unsaturated/α-hetero) is 1. The summed E-state index contributed by atoms with van der Waals surface area (Å²) in [7, 11) is 1.93. The van der Waals surface area contributed by atoms with E-state index in [2.05, 4.69) is 20.9 Å². The fraction of sp³-hybridized carbons (Fsp3) is 0.200. The van der Waals surface area contributed by atoms with Gasteiger partial charge in [0.05, 0.1) is 22.7 Å². The minimum absolute atomic E-state index is 0.0811. The molecule has 2 aromatic rings. The molecule has 0 spiro atoms. The summed E-state index contributed by atoms with van der Waals surface area (Å²) in [4.78, 5) is 15.6. The number of hydrogen-bond donors (Lipinski definition) is 0. The molecule has 14 heavy (non-hydrogen) atoms. The highest BCUT2D eigenvalue weighted by atomic mass is 79.9. The number of ketones is 1. The van der Waals surface area contributed by atoms with Gasteiger partial charge in [-0.3, -0.25) is 4.79 Å². The molecule has 3 nitrogen and oxygen atoms in total. The van der Waals surface area contributed by atoms with Crippen LogP contribution in [0.4, 0.5) is 0 Å². The molecule has 0 unspecified atom stereocenters. The maximum atomic E-state index is 11.4. The minimum atomic E-state index is 0.0811. The van der Waals surface area contributed by atoms with Crippen LogP contribution in [-0.2, 0) is 7.05 Å². The fourth-order valence-corrected chi connectivity index (χ4v) is 1.71. The van der Waals surface area contributed by atoms with E-state index in [-0.39, 0.29) is 5.78 Å². The Hall–Kier alpha value is -1.16. The minimum Gasteiger partial charge on any atom is -0.334 e. The Bertz CT molecular complexity index is 490. The Balaban J connectivity index is 2.57. The number of carbonyl (C=O) groups excluding carboxylic acids is 1. The quantitative estimate of drug-likeness (QED) is 0.607. The van der Waals surface area contributed by atoms with E-state index >= 15 is 0 Å². The summed E-state index contributed by atoms with van der Waals surface area (Å²) in [5.74, 6) is 0.0811. The molecule has 0 aliphatic rings. The number of carbonyl (C=O) groups is 1. The maximum absolute atomic E-state index is 11.4. The molecular formula is C10H9BrN2O. The number of aromatic nitrogens is 2. The number of fused-ring (bicyclic) bond motifs is 1. The van der Waals surface area contributed by atoms with Crippen LogP contribution in [0.5, 0.6) is 0 Å². The second-order valence-electron chi connectivity index (χ2n) is 3.12. The molecule has 0 saturated carbocycles. The van der Waals surface area contributed by atoms with Crippen LogP contribution < -0.4 is 0 Å². The largest absolute Gasteiger partial charge is 0.334 e. The van der Waals surface area contributed by atoms with Gasteiger partial charge in [0.25, 0.3) is 0 Å². The van der Waals surface area contributed by atoms with Crippen LogP contribution in [-0.4, -0.2) is 20.7 Å². The van der Waals surface area contributed by atoms with Crippen LogP contribution in [0.2, 0.25) is 0 Å². The lowest BCUT2D eigenvalue weighted by Crippen LogP contribution is -1.99. The van der Waals surface area contributed by atoms with Crippen LogP contribution in [0.25, 0.3) is 11.0 Å². The van der Waals surface area contributed by atoms with Gasteiger partial charge in [-0.2, -0.15) is 0 Å². The molecule has 0 amide bonds. The zero-order valence-electron chi connectivity index (χ0n) is 7.70. The molecule has 0 bridgehead atoms. The van der Waals surface area contributed by atoms with Crippen molar-refractivity contribution in [2.45, 2.75) is 0 Å². The number of alkyl halides is 1. The number of imidazole rings is 1. The zero-order valence-corrected chi connectivity index (χ0v) is 9.28. The Morgan fingerprint density at radius 2 is 2.36 bits per heavy atom. The van der Waals surface area contributed by atoms with E-state index in [4.69, 9.17) is 0 Å². The molecule has 0 N–H and O–H groups in total. The van der Waals surface area contributed by atoms with Crippen molar-refractivity contribution in [1.82, 2.24) is 9.55 Å². The molecule has 0 atom stereocenters. The molecule has 0 radical (unpaired) electrons. The first kappa shape index (κ1) is 9.40. The van der Waals surface area contributed by atoms with Gasteiger partial charge in [-0.25, -0.2) is 4.98 Å². The average molecular weight is 253 g/mol. The lowest BCUT2D eigenvalue weighted by Gasteiger charge is -1.97. The van der Waals surface area contributed by atoms with Crippen LogP contribution in [0.1, 0.15) is 10.4 Å². The topological polar surface area (TPSA) is 34.9 Å². The summed E-state index contributed by atoms with van der Waals surface area (Å²) in [5, 5.41) is 0.353. The van der Waals surface area contributed by atoms with E-state index in [1.54, 1.807) is 6.33 Å². The van der Waals surface area contributed by atoms with Gasteiger partial charge in [0.1, 0.15) is 0 Å². The number of aryl methyl sites for hydroxylation is 1. The lowest BCUT2D eigenvalue weighted by atomic mass is 10.1. The first-order chi connectivity index (χ1) is 6.72. The van der Waals surface area contributed by atoms with E-state index in [1.807, 2.05) is 29.8 Å². The zero-order chi connectivity index (χ0) is 10.1. The summed E-state index contributed by atoms with van der Waals surface area (Å²) >= 11 is 3.15. The average Bonchev–Trinajstić information content (AvgIpc) is 2.59. The highest BCUT2D eigenvalue weighted by Crippen LogP contribution is 2.14. The molecule has 0 saturated heterocycles. The number of hydrogen-bond acceptors (Lipinski definition) is 2. The molecule has 4 heteroatoms. The molecule has 1 aromatic heterocycles. The van der Waals surface area contributed by atoms with E-state index in [1.165, 1.54) is 0 Å². The van der Waals surface area contributed by atoms with E-state index in [0.717, 1.165) is 11.0 Å². The van der Waals surface area contributed by atoms with Gasteiger partial charge >= 0.3 is 0 Å². The van der Waals surface area contributed by atoms with E-state index in [0.29, 0.717) is 10.9 Å². The predicted octanol–water partition coefficient (Wildman–Crippen LogP) is 2.15. The van der Waals surface area contributed by atoms with Crippen LogP contribution in [0.3, 0.4) is 0 Å². The number of nitrogens with zero attached hydrogens (tertiary/aromatic N) is 2. The van der Waals surface area contributed by atoms with Crippen molar-refractivity contribution in [3.8, 4) is 0 Å². The summed E-state index contributed by atoms with van der Waals surface area (Å²) < 4.78 is 1.93. The van der Waals surface area contributed by atoms with Crippen molar-refractivity contribution in [3.63, 3.8) is 0 Å². The molecule has 0 aliphatic heterocycles. The van der Waals surface area contributed by atoms with Gasteiger partial charge in [-0.15, -0.1) is 0 Å². The highest BCUT2D eigenvalue weighted by molar-refractivity contribution is 9.09. The van der Waals surface area contributed by atoms with Crippen molar-refractivity contribution in [1.29, 1.82) is 0 Å². The molecule has 1 heterocycles. The van der Waals surface area contributed by atoms with E-state index in [9.17, 15) is 4.79 Å². The van der Waals surface area contributed by atoms with Gasteiger partial charge in [-0.1, -0.05) is 15.9 Å². The van der Waals surface area contributed by atoms with Gasteiger partial charge < -0.3 is 4.57 Å². The highest BCUT2D eigenvalue weighted by Gasteiger charge is 2.06. The number of halogens is 1. The second kappa shape index (κ2) is 3.53. The molecule has 2 rings (SSSR count). The number of rotatable bonds is 2. The maximum Gasteiger partial charge on any atom is 0.173 e. The normalized spacial score (nSPS) is 10.7. The Labute approximate surface area is 89.9 Å². The van der Waals surface area contributed by atoms with Crippen LogP contribution in [0, 0.1) is 0 Å².